The average molecular weight is 356 g/mol. The van der Waals surface area contributed by atoms with E-state index in [0.717, 1.165) is 11.3 Å². The molecule has 0 unspecified atom stereocenters. The van der Waals surface area contributed by atoms with E-state index in [1.807, 2.05) is 58.8 Å². The zero-order valence-corrected chi connectivity index (χ0v) is 12.0. The molecule has 5 nitrogen and oxygen atoms in total. The maximum atomic E-state index is 11.5. The summed E-state index contributed by atoms with van der Waals surface area (Å²) < 4.78 is 0.585. The van der Waals surface area contributed by atoms with Gasteiger partial charge >= 0.3 is 0 Å². The smallest absolute Gasteiger partial charge is 0.266 e. The molecule has 0 aliphatic carbocycles. The SMILES string of the molecule is CN(Cc1cccc(N)c1)c1nc[nH]c(=O)c1I. The molecule has 18 heavy (non-hydrogen) atoms. The van der Waals surface area contributed by atoms with Crippen molar-refractivity contribution < 1.29 is 0 Å². The quantitative estimate of drug-likeness (QED) is 0.647. The zero-order chi connectivity index (χ0) is 13.1. The maximum Gasteiger partial charge on any atom is 0.266 e. The lowest BCUT2D eigenvalue weighted by atomic mass is 10.2. The summed E-state index contributed by atoms with van der Waals surface area (Å²) in [5.41, 5.74) is 7.42. The molecule has 1 heterocycles. The van der Waals surface area contributed by atoms with Gasteiger partial charge in [0, 0.05) is 19.3 Å². The van der Waals surface area contributed by atoms with Crippen LogP contribution in [-0.2, 0) is 6.54 Å². The van der Waals surface area contributed by atoms with Gasteiger partial charge in [0.25, 0.3) is 5.56 Å². The maximum absolute atomic E-state index is 11.5. The molecule has 0 saturated heterocycles. The Bertz CT molecular complexity index is 611. The fraction of sp³-hybridized carbons (Fsp3) is 0.167. The summed E-state index contributed by atoms with van der Waals surface area (Å²) in [5.74, 6) is 0.668. The van der Waals surface area contributed by atoms with Gasteiger partial charge in [-0.3, -0.25) is 4.79 Å². The van der Waals surface area contributed by atoms with E-state index in [9.17, 15) is 4.79 Å². The Kier molecular flexibility index (Phi) is 3.85. The molecule has 3 N–H and O–H groups in total. The van der Waals surface area contributed by atoms with E-state index >= 15 is 0 Å². The first-order valence-corrected chi connectivity index (χ1v) is 6.44. The van der Waals surface area contributed by atoms with E-state index in [4.69, 9.17) is 5.73 Å². The molecule has 0 aliphatic heterocycles. The second kappa shape index (κ2) is 5.38. The van der Waals surface area contributed by atoms with Crippen LogP contribution >= 0.6 is 22.6 Å². The molecular formula is C12H13IN4O. The third-order valence-corrected chi connectivity index (χ3v) is 3.48. The lowest BCUT2D eigenvalue weighted by Gasteiger charge is -2.19. The van der Waals surface area contributed by atoms with Crippen LogP contribution < -0.4 is 16.2 Å². The summed E-state index contributed by atoms with van der Waals surface area (Å²) in [5, 5.41) is 0. The number of hydrogen-bond acceptors (Lipinski definition) is 4. The molecule has 0 fully saturated rings. The number of halogens is 1. The second-order valence-electron chi connectivity index (χ2n) is 3.97. The van der Waals surface area contributed by atoms with Gasteiger partial charge in [-0.1, -0.05) is 12.1 Å². The van der Waals surface area contributed by atoms with Gasteiger partial charge in [-0.15, -0.1) is 0 Å². The van der Waals surface area contributed by atoms with Crippen molar-refractivity contribution >= 4 is 34.1 Å². The minimum Gasteiger partial charge on any atom is -0.399 e. The number of anilines is 2. The highest BCUT2D eigenvalue weighted by molar-refractivity contribution is 14.1. The standard InChI is InChI=1S/C12H13IN4O/c1-17(6-8-3-2-4-9(14)5-8)11-10(13)12(18)16-7-15-11/h2-5,7H,6,14H2,1H3,(H,15,16,18). The minimum absolute atomic E-state index is 0.125. The predicted molar refractivity (Wildman–Crippen MR) is 80.5 cm³/mol. The highest BCUT2D eigenvalue weighted by atomic mass is 127. The molecule has 0 saturated carbocycles. The summed E-state index contributed by atoms with van der Waals surface area (Å²) in [7, 11) is 1.90. The number of nitrogens with one attached hydrogen (secondary N) is 1. The number of nitrogens with two attached hydrogens (primary N) is 1. The number of benzene rings is 1. The van der Waals surface area contributed by atoms with Crippen LogP contribution in [0.4, 0.5) is 11.5 Å². The number of aromatic amines is 1. The van der Waals surface area contributed by atoms with Gasteiger partial charge in [0.2, 0.25) is 0 Å². The Morgan fingerprint density at radius 1 is 1.50 bits per heavy atom. The van der Waals surface area contributed by atoms with Crippen molar-refractivity contribution in [2.75, 3.05) is 17.7 Å². The predicted octanol–water partition coefficient (Wildman–Crippen LogP) is 1.59. The molecular weight excluding hydrogens is 343 g/mol. The van der Waals surface area contributed by atoms with Crippen LogP contribution in [0.25, 0.3) is 0 Å². The Balaban J connectivity index is 2.25. The highest BCUT2D eigenvalue weighted by Crippen LogP contribution is 2.17. The Morgan fingerprint density at radius 3 is 3.00 bits per heavy atom. The molecule has 94 valence electrons. The topological polar surface area (TPSA) is 75.0 Å². The normalized spacial score (nSPS) is 10.3. The molecule has 2 aromatic rings. The Morgan fingerprint density at radius 2 is 2.28 bits per heavy atom. The van der Waals surface area contributed by atoms with Crippen molar-refractivity contribution in [3.05, 3.63) is 50.1 Å². The van der Waals surface area contributed by atoms with E-state index in [1.54, 1.807) is 0 Å². The van der Waals surface area contributed by atoms with Crippen molar-refractivity contribution in [1.29, 1.82) is 0 Å². The van der Waals surface area contributed by atoms with E-state index in [0.29, 0.717) is 15.9 Å². The van der Waals surface area contributed by atoms with Crippen LogP contribution in [0.2, 0.25) is 0 Å². The third-order valence-electron chi connectivity index (χ3n) is 2.51. The highest BCUT2D eigenvalue weighted by Gasteiger charge is 2.10. The first kappa shape index (κ1) is 12.9. The van der Waals surface area contributed by atoms with Crippen molar-refractivity contribution in [2.45, 2.75) is 6.54 Å². The lowest BCUT2D eigenvalue weighted by molar-refractivity contribution is 0.880. The van der Waals surface area contributed by atoms with Crippen LogP contribution in [-0.4, -0.2) is 17.0 Å². The summed E-state index contributed by atoms with van der Waals surface area (Å²) in [4.78, 5) is 20.2. The van der Waals surface area contributed by atoms with Crippen LogP contribution in [0, 0.1) is 3.57 Å². The second-order valence-corrected chi connectivity index (χ2v) is 5.05. The van der Waals surface area contributed by atoms with Crippen LogP contribution in [0.3, 0.4) is 0 Å². The van der Waals surface area contributed by atoms with Crippen molar-refractivity contribution in [1.82, 2.24) is 9.97 Å². The number of nitrogen functional groups attached to an aromatic ring is 1. The molecule has 0 radical (unpaired) electrons. The van der Waals surface area contributed by atoms with Crippen LogP contribution in [0.15, 0.2) is 35.4 Å². The van der Waals surface area contributed by atoms with E-state index in [-0.39, 0.29) is 5.56 Å². The fourth-order valence-corrected chi connectivity index (χ4v) is 2.39. The Hall–Kier alpha value is -1.57. The van der Waals surface area contributed by atoms with Crippen molar-refractivity contribution in [3.8, 4) is 0 Å². The lowest BCUT2D eigenvalue weighted by Crippen LogP contribution is -2.23. The van der Waals surface area contributed by atoms with Gasteiger partial charge in [-0.25, -0.2) is 4.98 Å². The van der Waals surface area contributed by atoms with Gasteiger partial charge in [0.1, 0.15) is 9.39 Å². The van der Waals surface area contributed by atoms with Crippen LogP contribution in [0.1, 0.15) is 5.56 Å². The average Bonchev–Trinajstić information content (AvgIpc) is 2.32. The van der Waals surface area contributed by atoms with E-state index in [2.05, 4.69) is 9.97 Å². The third kappa shape index (κ3) is 2.81. The summed E-state index contributed by atoms with van der Waals surface area (Å²) in [6, 6.07) is 7.66. The molecule has 1 aromatic carbocycles. The molecule has 2 rings (SSSR count). The number of nitrogens with zero attached hydrogens (tertiary/aromatic N) is 2. The van der Waals surface area contributed by atoms with Gasteiger partial charge in [0.15, 0.2) is 0 Å². The first-order chi connectivity index (χ1) is 8.58. The number of hydrogen-bond donors (Lipinski definition) is 2. The number of H-pyrrole nitrogens is 1. The Labute approximate surface area is 118 Å². The minimum atomic E-state index is -0.125. The molecule has 0 aliphatic rings. The van der Waals surface area contributed by atoms with Crippen molar-refractivity contribution in [3.63, 3.8) is 0 Å². The first-order valence-electron chi connectivity index (χ1n) is 5.36. The molecule has 1 aromatic heterocycles. The van der Waals surface area contributed by atoms with Gasteiger partial charge < -0.3 is 15.6 Å². The number of aromatic nitrogens is 2. The van der Waals surface area contributed by atoms with E-state index in [1.165, 1.54) is 6.33 Å². The zero-order valence-electron chi connectivity index (χ0n) is 9.85. The molecule has 6 heteroatoms. The van der Waals surface area contributed by atoms with E-state index < -0.39 is 0 Å². The van der Waals surface area contributed by atoms with Gasteiger partial charge in [-0.05, 0) is 40.3 Å². The summed E-state index contributed by atoms with van der Waals surface area (Å²) in [6.07, 6.45) is 1.41. The molecule has 0 bridgehead atoms. The molecule has 0 spiro atoms. The van der Waals surface area contributed by atoms with Crippen LogP contribution in [0.5, 0.6) is 0 Å². The summed E-state index contributed by atoms with van der Waals surface area (Å²) in [6.45, 7) is 0.650. The van der Waals surface area contributed by atoms with Crippen molar-refractivity contribution in [2.24, 2.45) is 0 Å². The largest absolute Gasteiger partial charge is 0.399 e. The molecule has 0 atom stereocenters. The van der Waals surface area contributed by atoms with Gasteiger partial charge in [0.05, 0.1) is 6.33 Å². The monoisotopic (exact) mass is 356 g/mol. The van der Waals surface area contributed by atoms with Gasteiger partial charge in [-0.2, -0.15) is 0 Å². The molecule has 0 amide bonds. The summed E-state index contributed by atoms with van der Waals surface area (Å²) >= 11 is 2.00. The number of rotatable bonds is 3. The fourth-order valence-electron chi connectivity index (χ4n) is 1.68.